The predicted octanol–water partition coefficient (Wildman–Crippen LogP) is 5.26. The van der Waals surface area contributed by atoms with Crippen LogP contribution in [0.5, 0.6) is 17.2 Å². The maximum atomic E-state index is 5.90. The molecule has 0 amide bonds. The molecule has 0 radical (unpaired) electrons. The van der Waals surface area contributed by atoms with Gasteiger partial charge in [0.05, 0.1) is 0 Å². The lowest BCUT2D eigenvalue weighted by Gasteiger charge is -2.10. The molecular weight excluding hydrogens is 350 g/mol. The molecule has 0 bridgehead atoms. The van der Waals surface area contributed by atoms with Crippen LogP contribution in [-0.4, -0.2) is 6.79 Å². The molecule has 0 saturated heterocycles. The summed E-state index contributed by atoms with van der Waals surface area (Å²) in [5.41, 5.74) is 3.20. The van der Waals surface area contributed by atoms with Crippen molar-refractivity contribution >= 4 is 17.3 Å². The Morgan fingerprint density at radius 1 is 0.885 bits per heavy atom. The number of halogens is 1. The summed E-state index contributed by atoms with van der Waals surface area (Å²) in [6.07, 6.45) is 0. The zero-order valence-corrected chi connectivity index (χ0v) is 14.8. The average Bonchev–Trinajstić information content (AvgIpc) is 3.14. The molecule has 1 aliphatic rings. The molecule has 3 aromatic rings. The monoisotopic (exact) mass is 367 g/mol. The lowest BCUT2D eigenvalue weighted by molar-refractivity contribution is 0.174. The molecule has 3 aromatic carbocycles. The predicted molar refractivity (Wildman–Crippen MR) is 102 cm³/mol. The van der Waals surface area contributed by atoms with Gasteiger partial charge in [-0.25, -0.2) is 0 Å². The Hall–Kier alpha value is -2.85. The maximum absolute atomic E-state index is 5.90. The van der Waals surface area contributed by atoms with Crippen LogP contribution in [0.15, 0.2) is 66.7 Å². The Labute approximate surface area is 157 Å². The smallest absolute Gasteiger partial charge is 0.231 e. The fraction of sp³-hybridized carbons (Fsp3) is 0.143. The number of hydrogen-bond acceptors (Lipinski definition) is 4. The van der Waals surface area contributed by atoms with Gasteiger partial charge in [-0.15, -0.1) is 0 Å². The second-order valence-corrected chi connectivity index (χ2v) is 6.42. The number of hydrogen-bond donors (Lipinski definition) is 1. The van der Waals surface area contributed by atoms with Crippen LogP contribution in [0.1, 0.15) is 11.1 Å². The molecule has 0 aliphatic carbocycles. The van der Waals surface area contributed by atoms with Crippen LogP contribution in [0.2, 0.25) is 5.02 Å². The minimum Gasteiger partial charge on any atom is -0.489 e. The van der Waals surface area contributed by atoms with Crippen molar-refractivity contribution in [3.05, 3.63) is 82.9 Å². The van der Waals surface area contributed by atoms with Gasteiger partial charge in [-0.2, -0.15) is 0 Å². The third kappa shape index (κ3) is 4.03. The fourth-order valence-electron chi connectivity index (χ4n) is 2.70. The highest BCUT2D eigenvalue weighted by Gasteiger charge is 2.12. The van der Waals surface area contributed by atoms with Crippen molar-refractivity contribution in [2.45, 2.75) is 13.2 Å². The molecular formula is C21H18ClNO3. The van der Waals surface area contributed by atoms with Crippen molar-refractivity contribution in [2.24, 2.45) is 0 Å². The molecule has 0 unspecified atom stereocenters. The van der Waals surface area contributed by atoms with E-state index in [9.17, 15) is 0 Å². The first-order valence-electron chi connectivity index (χ1n) is 8.36. The van der Waals surface area contributed by atoms with Crippen molar-refractivity contribution < 1.29 is 14.2 Å². The van der Waals surface area contributed by atoms with E-state index in [1.54, 1.807) is 0 Å². The topological polar surface area (TPSA) is 39.7 Å². The van der Waals surface area contributed by atoms with Crippen LogP contribution in [0.3, 0.4) is 0 Å². The highest BCUT2D eigenvalue weighted by molar-refractivity contribution is 6.30. The van der Waals surface area contributed by atoms with Gasteiger partial charge in [0, 0.05) is 23.3 Å². The first kappa shape index (κ1) is 16.6. The molecule has 5 heteroatoms. The summed E-state index contributed by atoms with van der Waals surface area (Å²) in [6, 6.07) is 21.6. The van der Waals surface area contributed by atoms with Gasteiger partial charge >= 0.3 is 0 Å². The molecule has 132 valence electrons. The molecule has 26 heavy (non-hydrogen) atoms. The van der Waals surface area contributed by atoms with E-state index in [0.717, 1.165) is 39.1 Å². The zero-order chi connectivity index (χ0) is 17.8. The maximum Gasteiger partial charge on any atom is 0.231 e. The zero-order valence-electron chi connectivity index (χ0n) is 14.1. The summed E-state index contributed by atoms with van der Waals surface area (Å²) in [7, 11) is 0. The Kier molecular flexibility index (Phi) is 4.84. The number of anilines is 1. The minimum atomic E-state index is 0.284. The Balaban J connectivity index is 1.35. The van der Waals surface area contributed by atoms with E-state index in [2.05, 4.69) is 11.4 Å². The van der Waals surface area contributed by atoms with E-state index in [-0.39, 0.29) is 6.79 Å². The number of nitrogens with one attached hydrogen (secondary N) is 1. The first-order chi connectivity index (χ1) is 12.8. The van der Waals surface area contributed by atoms with E-state index in [4.69, 9.17) is 25.8 Å². The van der Waals surface area contributed by atoms with Crippen molar-refractivity contribution in [2.75, 3.05) is 12.1 Å². The second-order valence-electron chi connectivity index (χ2n) is 5.98. The highest BCUT2D eigenvalue weighted by Crippen LogP contribution is 2.34. The van der Waals surface area contributed by atoms with Crippen LogP contribution in [-0.2, 0) is 13.2 Å². The Bertz CT molecular complexity index is 896. The largest absolute Gasteiger partial charge is 0.489 e. The van der Waals surface area contributed by atoms with Gasteiger partial charge in [0.1, 0.15) is 12.4 Å². The molecule has 1 N–H and O–H groups in total. The number of ether oxygens (including phenoxy) is 3. The molecule has 0 fully saturated rings. The summed E-state index contributed by atoms with van der Waals surface area (Å²) in [5.74, 6) is 2.40. The summed E-state index contributed by atoms with van der Waals surface area (Å²) >= 11 is 5.90. The van der Waals surface area contributed by atoms with Crippen LogP contribution in [0, 0.1) is 0 Å². The van der Waals surface area contributed by atoms with Crippen LogP contribution in [0.25, 0.3) is 0 Å². The van der Waals surface area contributed by atoms with Gasteiger partial charge in [-0.1, -0.05) is 35.9 Å². The SMILES string of the molecule is Clc1ccc(COc2cccc(CNc3ccc4c(c3)OCO4)c2)cc1. The van der Waals surface area contributed by atoms with Crippen molar-refractivity contribution in [1.29, 1.82) is 0 Å². The van der Waals surface area contributed by atoms with Gasteiger partial charge in [-0.05, 0) is 47.5 Å². The second kappa shape index (κ2) is 7.58. The summed E-state index contributed by atoms with van der Waals surface area (Å²) in [6.45, 7) is 1.49. The third-order valence-corrected chi connectivity index (χ3v) is 4.34. The minimum absolute atomic E-state index is 0.284. The normalized spacial score (nSPS) is 12.0. The summed E-state index contributed by atoms with van der Waals surface area (Å²) in [4.78, 5) is 0. The molecule has 4 rings (SSSR count). The van der Waals surface area contributed by atoms with Crippen molar-refractivity contribution in [1.82, 2.24) is 0 Å². The van der Waals surface area contributed by atoms with Crippen LogP contribution in [0.4, 0.5) is 5.69 Å². The highest BCUT2D eigenvalue weighted by atomic mass is 35.5. The summed E-state index contributed by atoms with van der Waals surface area (Å²) in [5, 5.41) is 4.12. The van der Waals surface area contributed by atoms with Crippen LogP contribution >= 0.6 is 11.6 Å². The summed E-state index contributed by atoms with van der Waals surface area (Å²) < 4.78 is 16.6. The van der Waals surface area contributed by atoms with Crippen LogP contribution < -0.4 is 19.5 Å². The van der Waals surface area contributed by atoms with E-state index < -0.39 is 0 Å². The van der Waals surface area contributed by atoms with Gasteiger partial charge in [-0.3, -0.25) is 0 Å². The standard InChI is InChI=1S/C21H18ClNO3/c22-17-6-4-15(5-7-17)13-24-19-3-1-2-16(10-19)12-23-18-8-9-20-21(11-18)26-14-25-20/h1-11,23H,12-14H2. The third-order valence-electron chi connectivity index (χ3n) is 4.09. The molecule has 0 spiro atoms. The molecule has 4 nitrogen and oxygen atoms in total. The van der Waals surface area contributed by atoms with Gasteiger partial charge < -0.3 is 19.5 Å². The Morgan fingerprint density at radius 3 is 2.62 bits per heavy atom. The van der Waals surface area contributed by atoms with E-state index in [0.29, 0.717) is 13.2 Å². The molecule has 0 atom stereocenters. The van der Waals surface area contributed by atoms with Gasteiger partial charge in [0.2, 0.25) is 6.79 Å². The fourth-order valence-corrected chi connectivity index (χ4v) is 2.83. The molecule has 1 aliphatic heterocycles. The lowest BCUT2D eigenvalue weighted by Crippen LogP contribution is -2.00. The lowest BCUT2D eigenvalue weighted by atomic mass is 10.2. The molecule has 0 aromatic heterocycles. The van der Waals surface area contributed by atoms with Crippen molar-refractivity contribution in [3.8, 4) is 17.2 Å². The number of rotatable bonds is 6. The first-order valence-corrected chi connectivity index (χ1v) is 8.74. The van der Waals surface area contributed by atoms with E-state index in [1.807, 2.05) is 60.7 Å². The quantitative estimate of drug-likeness (QED) is 0.645. The average molecular weight is 368 g/mol. The molecule has 0 saturated carbocycles. The van der Waals surface area contributed by atoms with Crippen molar-refractivity contribution in [3.63, 3.8) is 0 Å². The number of benzene rings is 3. The number of fused-ring (bicyclic) bond motifs is 1. The van der Waals surface area contributed by atoms with E-state index in [1.165, 1.54) is 0 Å². The van der Waals surface area contributed by atoms with Gasteiger partial charge in [0.15, 0.2) is 11.5 Å². The Morgan fingerprint density at radius 2 is 1.73 bits per heavy atom. The van der Waals surface area contributed by atoms with Gasteiger partial charge in [0.25, 0.3) is 0 Å². The molecule has 1 heterocycles. The van der Waals surface area contributed by atoms with E-state index >= 15 is 0 Å².